The van der Waals surface area contributed by atoms with Gasteiger partial charge in [-0.1, -0.05) is 56.7 Å². The monoisotopic (exact) mass is 641 g/mol. The van der Waals surface area contributed by atoms with E-state index in [-0.39, 0.29) is 30.2 Å². The van der Waals surface area contributed by atoms with Gasteiger partial charge in [0.1, 0.15) is 17.6 Å². The second-order valence-corrected chi connectivity index (χ2v) is 13.0. The number of hydrogen-bond donors (Lipinski definition) is 4. The Labute approximate surface area is 276 Å². The van der Waals surface area contributed by atoms with Crippen LogP contribution in [0.2, 0.25) is 0 Å². The third-order valence-electron chi connectivity index (χ3n) is 10.0. The van der Waals surface area contributed by atoms with E-state index in [1.165, 1.54) is 0 Å². The number of carbonyl (C=O) groups excluding carboxylic acids is 3. The second kappa shape index (κ2) is 14.1. The predicted octanol–water partition coefficient (Wildman–Crippen LogP) is 4.46. The number of aromatic amines is 1. The molecule has 0 saturated heterocycles. The van der Waals surface area contributed by atoms with Gasteiger partial charge in [-0.05, 0) is 68.4 Å². The van der Waals surface area contributed by atoms with Gasteiger partial charge in [0, 0.05) is 32.3 Å². The number of likely N-dealkylation sites (N-methyl/N-ethyl adjacent to an activating group) is 1. The number of aromatic nitrogens is 4. The summed E-state index contributed by atoms with van der Waals surface area (Å²) < 4.78 is 7.13. The van der Waals surface area contributed by atoms with E-state index in [0.29, 0.717) is 29.1 Å². The lowest BCUT2D eigenvalue weighted by Gasteiger charge is -2.37. The Morgan fingerprint density at radius 3 is 2.38 bits per heavy atom. The highest BCUT2D eigenvalue weighted by Crippen LogP contribution is 2.40. The summed E-state index contributed by atoms with van der Waals surface area (Å²) >= 11 is 0. The number of carbonyl (C=O) groups is 3. The molecule has 4 aromatic rings. The number of rotatable bonds is 14. The number of amides is 3. The van der Waals surface area contributed by atoms with E-state index in [2.05, 4.69) is 52.0 Å². The Hall–Kier alpha value is -4.51. The van der Waals surface area contributed by atoms with Crippen LogP contribution in [-0.4, -0.2) is 63.8 Å². The molecule has 5 rings (SSSR count). The molecular formula is C36H47N7O4. The highest BCUT2D eigenvalue weighted by atomic mass is 16.5. The van der Waals surface area contributed by atoms with Crippen LogP contribution in [0.5, 0.6) is 0 Å². The Kier molecular flexibility index (Phi) is 10.1. The highest BCUT2D eigenvalue weighted by Gasteiger charge is 2.42. The molecule has 11 nitrogen and oxygen atoms in total. The van der Waals surface area contributed by atoms with Crippen molar-refractivity contribution in [3.63, 3.8) is 0 Å². The van der Waals surface area contributed by atoms with Crippen LogP contribution in [0.3, 0.4) is 0 Å². The van der Waals surface area contributed by atoms with E-state index in [0.717, 1.165) is 36.8 Å². The molecule has 0 bridgehead atoms. The number of nitrogens with zero attached hydrogens (tertiary/aromatic N) is 3. The van der Waals surface area contributed by atoms with Gasteiger partial charge in [0.2, 0.25) is 11.8 Å². The van der Waals surface area contributed by atoms with Crippen LogP contribution in [0.4, 0.5) is 0 Å². The first kappa shape index (κ1) is 33.8. The smallest absolute Gasteiger partial charge is 0.270 e. The maximum absolute atomic E-state index is 14.0. The van der Waals surface area contributed by atoms with Crippen molar-refractivity contribution in [3.8, 4) is 0 Å². The molecule has 3 amide bonds. The molecule has 4 N–H and O–H groups in total. The third-order valence-corrected chi connectivity index (χ3v) is 10.0. The SMILES string of the molecule is CCNC(=O)[C@H](NC(=O)C(C)(COC)c1ccc2[nH]c(C(NC(=O)c3ccnn3C)C(C)(CC)c3ccccc3)nc2c1)C1CCC1. The van der Waals surface area contributed by atoms with E-state index in [9.17, 15) is 14.4 Å². The van der Waals surface area contributed by atoms with Crippen molar-refractivity contribution in [1.29, 1.82) is 0 Å². The summed E-state index contributed by atoms with van der Waals surface area (Å²) in [7, 11) is 3.30. The zero-order valence-corrected chi connectivity index (χ0v) is 28.2. The Morgan fingerprint density at radius 2 is 1.79 bits per heavy atom. The summed E-state index contributed by atoms with van der Waals surface area (Å²) in [4.78, 5) is 49.1. The topological polar surface area (TPSA) is 143 Å². The Morgan fingerprint density at radius 1 is 1.04 bits per heavy atom. The lowest BCUT2D eigenvalue weighted by molar-refractivity contribution is -0.135. The maximum Gasteiger partial charge on any atom is 0.270 e. The number of nitrogens with one attached hydrogen (secondary N) is 4. The van der Waals surface area contributed by atoms with E-state index in [4.69, 9.17) is 9.72 Å². The van der Waals surface area contributed by atoms with Gasteiger partial charge in [-0.2, -0.15) is 5.10 Å². The summed E-state index contributed by atoms with van der Waals surface area (Å²) in [5, 5.41) is 13.4. The minimum Gasteiger partial charge on any atom is -0.383 e. The Bertz CT molecular complexity index is 1710. The largest absolute Gasteiger partial charge is 0.383 e. The molecule has 2 aromatic carbocycles. The first-order valence-electron chi connectivity index (χ1n) is 16.5. The fourth-order valence-electron chi connectivity index (χ4n) is 6.55. The van der Waals surface area contributed by atoms with Gasteiger partial charge >= 0.3 is 0 Å². The van der Waals surface area contributed by atoms with Gasteiger partial charge in [-0.25, -0.2) is 4.98 Å². The molecule has 2 heterocycles. The van der Waals surface area contributed by atoms with Crippen LogP contribution in [0.25, 0.3) is 11.0 Å². The fourth-order valence-corrected chi connectivity index (χ4v) is 6.55. The number of ether oxygens (including phenoxy) is 1. The van der Waals surface area contributed by atoms with Crippen molar-refractivity contribution in [2.45, 2.75) is 76.3 Å². The molecule has 4 atom stereocenters. The quantitative estimate of drug-likeness (QED) is 0.160. The number of fused-ring (bicyclic) bond motifs is 1. The van der Waals surface area contributed by atoms with Crippen molar-refractivity contribution in [2.24, 2.45) is 13.0 Å². The van der Waals surface area contributed by atoms with Crippen LogP contribution in [0, 0.1) is 5.92 Å². The van der Waals surface area contributed by atoms with Gasteiger partial charge in [0.05, 0.1) is 29.1 Å². The normalized spacial score (nSPS) is 17.1. The Balaban J connectivity index is 1.52. The number of aryl methyl sites for hydroxylation is 1. The standard InChI is InChI=1S/C36H47N7O4/c1-7-35(3,24-15-10-9-11-16-24)30(42-32(44)28-19-20-38-43(28)5)31-39-26-18-17-25(21-27(26)40-31)36(4,22-47-6)34(46)41-29(23-13-12-14-23)33(45)37-8-2/h9-11,15-21,23,29-30H,7-8,12-14,22H2,1-6H3,(H,37,45)(H,39,40)(H,41,46)(H,42,44)/t29-,30?,35?,36?/m1/s1. The van der Waals surface area contributed by atoms with Gasteiger partial charge in [0.25, 0.3) is 5.91 Å². The van der Waals surface area contributed by atoms with Crippen LogP contribution in [0.1, 0.15) is 86.9 Å². The number of hydrogen-bond acceptors (Lipinski definition) is 6. The van der Waals surface area contributed by atoms with Gasteiger partial charge in [-0.15, -0.1) is 0 Å². The predicted molar refractivity (Wildman–Crippen MR) is 181 cm³/mol. The summed E-state index contributed by atoms with van der Waals surface area (Å²) in [5.41, 5.74) is 2.02. The van der Waals surface area contributed by atoms with Crippen molar-refractivity contribution >= 4 is 28.8 Å². The second-order valence-electron chi connectivity index (χ2n) is 13.0. The van der Waals surface area contributed by atoms with Crippen LogP contribution in [-0.2, 0) is 32.2 Å². The fraction of sp³-hybridized carbons (Fsp3) is 0.472. The van der Waals surface area contributed by atoms with Crippen molar-refractivity contribution < 1.29 is 19.1 Å². The summed E-state index contributed by atoms with van der Waals surface area (Å²) in [6.07, 6.45) is 5.18. The number of methoxy groups -OCH3 is 1. The molecule has 250 valence electrons. The van der Waals surface area contributed by atoms with Gasteiger partial charge in [-0.3, -0.25) is 19.1 Å². The molecule has 1 saturated carbocycles. The minimum absolute atomic E-state index is 0.111. The number of benzene rings is 2. The maximum atomic E-state index is 14.0. The van der Waals surface area contributed by atoms with Gasteiger partial charge in [0.15, 0.2) is 0 Å². The molecule has 47 heavy (non-hydrogen) atoms. The highest BCUT2D eigenvalue weighted by molar-refractivity contribution is 5.94. The van der Waals surface area contributed by atoms with E-state index in [1.807, 2.05) is 50.2 Å². The van der Waals surface area contributed by atoms with Crippen LogP contribution < -0.4 is 16.0 Å². The van der Waals surface area contributed by atoms with Crippen LogP contribution in [0.15, 0.2) is 60.8 Å². The van der Waals surface area contributed by atoms with E-state index >= 15 is 0 Å². The summed E-state index contributed by atoms with van der Waals surface area (Å²) in [5.74, 6) is 0.0183. The summed E-state index contributed by atoms with van der Waals surface area (Å²) in [6.45, 7) is 8.54. The lowest BCUT2D eigenvalue weighted by Crippen LogP contribution is -2.57. The average molecular weight is 642 g/mol. The molecule has 0 aliphatic heterocycles. The van der Waals surface area contributed by atoms with Crippen molar-refractivity contribution in [1.82, 2.24) is 35.7 Å². The molecule has 0 radical (unpaired) electrons. The molecule has 2 aromatic heterocycles. The number of H-pyrrole nitrogens is 1. The molecule has 3 unspecified atom stereocenters. The zero-order chi connectivity index (χ0) is 33.8. The van der Waals surface area contributed by atoms with Crippen molar-refractivity contribution in [3.05, 3.63) is 83.4 Å². The van der Waals surface area contributed by atoms with Crippen molar-refractivity contribution in [2.75, 3.05) is 20.3 Å². The zero-order valence-electron chi connectivity index (χ0n) is 28.2. The average Bonchev–Trinajstić information content (AvgIpc) is 3.68. The molecular weight excluding hydrogens is 594 g/mol. The van der Waals surface area contributed by atoms with E-state index < -0.39 is 22.9 Å². The third kappa shape index (κ3) is 6.67. The van der Waals surface area contributed by atoms with E-state index in [1.54, 1.807) is 31.1 Å². The first-order chi connectivity index (χ1) is 22.5. The minimum atomic E-state index is -1.09. The summed E-state index contributed by atoms with van der Waals surface area (Å²) in [6, 6.07) is 16.4. The molecule has 1 aliphatic carbocycles. The first-order valence-corrected chi connectivity index (χ1v) is 16.5. The molecule has 1 aliphatic rings. The molecule has 0 spiro atoms. The van der Waals surface area contributed by atoms with Crippen LogP contribution >= 0.6 is 0 Å². The molecule has 11 heteroatoms. The lowest BCUT2D eigenvalue weighted by atomic mass is 9.73. The van der Waals surface area contributed by atoms with Gasteiger partial charge < -0.3 is 25.7 Å². The molecule has 1 fully saturated rings. The number of imidazole rings is 1.